The second-order valence-electron chi connectivity index (χ2n) is 6.44. The first-order valence-corrected chi connectivity index (χ1v) is 8.82. The Hall–Kier alpha value is -3.03. The monoisotopic (exact) mass is 392 g/mol. The van der Waals surface area contributed by atoms with Gasteiger partial charge < -0.3 is 15.4 Å². The minimum absolute atomic E-state index is 0.128. The highest BCUT2D eigenvalue weighted by molar-refractivity contribution is 6.04. The number of carbonyl (C=O) groups is 2. The van der Waals surface area contributed by atoms with E-state index in [1.807, 2.05) is 0 Å². The molecule has 8 heteroatoms. The Balaban J connectivity index is 1.84. The van der Waals surface area contributed by atoms with Gasteiger partial charge in [0.2, 0.25) is 0 Å². The van der Waals surface area contributed by atoms with Gasteiger partial charge in [-0.1, -0.05) is 0 Å². The van der Waals surface area contributed by atoms with Crippen LogP contribution in [-0.2, 0) is 19.0 Å². The van der Waals surface area contributed by atoms with Crippen molar-refractivity contribution in [3.8, 4) is 5.75 Å². The fourth-order valence-corrected chi connectivity index (χ4v) is 3.20. The van der Waals surface area contributed by atoms with Gasteiger partial charge in [0.15, 0.2) is 0 Å². The van der Waals surface area contributed by atoms with Crippen LogP contribution in [0.15, 0.2) is 36.4 Å². The summed E-state index contributed by atoms with van der Waals surface area (Å²) in [5.74, 6) is -0.0527. The number of nitrogens with one attached hydrogen (secondary N) is 2. The summed E-state index contributed by atoms with van der Waals surface area (Å²) >= 11 is 0. The topological polar surface area (TPSA) is 67.4 Å². The molecule has 1 aliphatic rings. The van der Waals surface area contributed by atoms with Crippen molar-refractivity contribution in [1.82, 2.24) is 5.32 Å². The molecule has 0 bridgehead atoms. The number of hydrogen-bond donors (Lipinski definition) is 2. The summed E-state index contributed by atoms with van der Waals surface area (Å²) in [7, 11) is 1.47. The Bertz CT molecular complexity index is 893. The Kier molecular flexibility index (Phi) is 5.58. The zero-order valence-corrected chi connectivity index (χ0v) is 15.2. The molecular formula is C20H19F3N2O3. The molecule has 28 heavy (non-hydrogen) atoms. The largest absolute Gasteiger partial charge is 0.416 e. The second-order valence-corrected chi connectivity index (χ2v) is 6.44. The van der Waals surface area contributed by atoms with Gasteiger partial charge in [0.05, 0.1) is 5.56 Å². The minimum Gasteiger partial charge on any atom is -0.410 e. The molecule has 0 unspecified atom stereocenters. The summed E-state index contributed by atoms with van der Waals surface area (Å²) in [5, 5.41) is 5.16. The van der Waals surface area contributed by atoms with Crippen molar-refractivity contribution in [3.05, 3.63) is 58.7 Å². The number of alkyl halides is 3. The fourth-order valence-electron chi connectivity index (χ4n) is 3.20. The maximum absolute atomic E-state index is 12.7. The highest BCUT2D eigenvalue weighted by Gasteiger charge is 2.30. The predicted molar refractivity (Wildman–Crippen MR) is 97.6 cm³/mol. The molecule has 148 valence electrons. The summed E-state index contributed by atoms with van der Waals surface area (Å²) < 4.78 is 43.3. The average molecular weight is 392 g/mol. The lowest BCUT2D eigenvalue weighted by molar-refractivity contribution is -0.137. The summed E-state index contributed by atoms with van der Waals surface area (Å²) in [4.78, 5) is 24.0. The van der Waals surface area contributed by atoms with E-state index in [-0.39, 0.29) is 5.56 Å². The zero-order chi connectivity index (χ0) is 20.3. The Labute approximate surface area is 159 Å². The van der Waals surface area contributed by atoms with Gasteiger partial charge in [0.25, 0.3) is 5.91 Å². The smallest absolute Gasteiger partial charge is 0.410 e. The van der Waals surface area contributed by atoms with Crippen molar-refractivity contribution in [2.45, 2.75) is 31.9 Å². The van der Waals surface area contributed by atoms with E-state index in [0.29, 0.717) is 24.3 Å². The number of benzene rings is 2. The number of ether oxygens (including phenoxy) is 1. The maximum atomic E-state index is 12.7. The normalized spacial score (nSPS) is 13.4. The molecule has 0 aromatic heterocycles. The molecule has 0 radical (unpaired) electrons. The van der Waals surface area contributed by atoms with Crippen LogP contribution < -0.4 is 15.4 Å². The lowest BCUT2D eigenvalue weighted by Crippen LogP contribution is -2.23. The van der Waals surface area contributed by atoms with Crippen LogP contribution in [0.5, 0.6) is 5.75 Å². The highest BCUT2D eigenvalue weighted by atomic mass is 19.4. The number of carbonyl (C=O) groups excluding carboxylic acids is 2. The number of halogens is 3. The second kappa shape index (κ2) is 7.92. The molecule has 1 aliphatic carbocycles. The van der Waals surface area contributed by atoms with E-state index in [9.17, 15) is 22.8 Å². The third-order valence-electron chi connectivity index (χ3n) is 4.62. The molecule has 2 aromatic rings. The molecule has 0 aliphatic heterocycles. The van der Waals surface area contributed by atoms with Gasteiger partial charge in [-0.05, 0) is 67.6 Å². The van der Waals surface area contributed by atoms with Crippen molar-refractivity contribution in [2.75, 3.05) is 12.4 Å². The highest BCUT2D eigenvalue weighted by Crippen LogP contribution is 2.35. The lowest BCUT2D eigenvalue weighted by Gasteiger charge is -2.22. The van der Waals surface area contributed by atoms with Crippen LogP contribution >= 0.6 is 0 Å². The molecule has 3 rings (SSSR count). The molecule has 2 amide bonds. The summed E-state index contributed by atoms with van der Waals surface area (Å²) in [6.45, 7) is 0. The molecule has 0 saturated heterocycles. The average Bonchev–Trinajstić information content (AvgIpc) is 2.69. The van der Waals surface area contributed by atoms with E-state index >= 15 is 0 Å². The van der Waals surface area contributed by atoms with Gasteiger partial charge in [-0.15, -0.1) is 0 Å². The van der Waals surface area contributed by atoms with Gasteiger partial charge >= 0.3 is 12.3 Å². The number of hydrogen-bond acceptors (Lipinski definition) is 3. The van der Waals surface area contributed by atoms with Gasteiger partial charge in [0, 0.05) is 23.9 Å². The Morgan fingerprint density at radius 1 is 0.964 bits per heavy atom. The molecule has 2 aromatic carbocycles. The van der Waals surface area contributed by atoms with Crippen LogP contribution in [0.25, 0.3) is 0 Å². The summed E-state index contributed by atoms with van der Waals surface area (Å²) in [5.41, 5.74) is 1.64. The van der Waals surface area contributed by atoms with Crippen LogP contribution in [0, 0.1) is 0 Å². The molecule has 0 heterocycles. The zero-order valence-electron chi connectivity index (χ0n) is 15.2. The Morgan fingerprint density at radius 2 is 1.61 bits per heavy atom. The van der Waals surface area contributed by atoms with Crippen molar-refractivity contribution >= 4 is 17.7 Å². The van der Waals surface area contributed by atoms with Gasteiger partial charge in [-0.3, -0.25) is 4.79 Å². The molecule has 0 atom stereocenters. The fraction of sp³-hybridized carbons (Fsp3) is 0.300. The summed E-state index contributed by atoms with van der Waals surface area (Å²) in [6, 6.07) is 7.31. The molecule has 0 spiro atoms. The first kappa shape index (κ1) is 19.7. The van der Waals surface area contributed by atoms with Crippen LogP contribution in [0.4, 0.5) is 23.7 Å². The van der Waals surface area contributed by atoms with Crippen molar-refractivity contribution in [3.63, 3.8) is 0 Å². The maximum Gasteiger partial charge on any atom is 0.416 e. The van der Waals surface area contributed by atoms with Gasteiger partial charge in [-0.25, -0.2) is 4.79 Å². The molecule has 0 fully saturated rings. The van der Waals surface area contributed by atoms with Crippen LogP contribution in [-0.4, -0.2) is 19.0 Å². The van der Waals surface area contributed by atoms with E-state index in [0.717, 1.165) is 48.2 Å². The van der Waals surface area contributed by atoms with Crippen molar-refractivity contribution in [1.29, 1.82) is 0 Å². The quantitative estimate of drug-likeness (QED) is 0.805. The molecule has 2 N–H and O–H groups in total. The number of fused-ring (bicyclic) bond motifs is 1. The molecule has 5 nitrogen and oxygen atoms in total. The van der Waals surface area contributed by atoms with E-state index in [1.54, 1.807) is 12.1 Å². The number of rotatable bonds is 3. The van der Waals surface area contributed by atoms with Crippen LogP contribution in [0.2, 0.25) is 0 Å². The standard InChI is InChI=1S/C20H19F3N2O3/c1-24-19(27)28-17-11-10-16(14-4-2-3-5-15(14)17)25-18(26)12-6-8-13(9-7-12)20(21,22)23/h6-11H,2-5H2,1H3,(H,24,27)(H,25,26). The first-order chi connectivity index (χ1) is 13.3. The van der Waals surface area contributed by atoms with E-state index in [4.69, 9.17) is 4.74 Å². The first-order valence-electron chi connectivity index (χ1n) is 8.82. The third-order valence-corrected chi connectivity index (χ3v) is 4.62. The van der Waals surface area contributed by atoms with E-state index in [1.165, 1.54) is 7.05 Å². The van der Waals surface area contributed by atoms with E-state index < -0.39 is 23.7 Å². The van der Waals surface area contributed by atoms with Gasteiger partial charge in [-0.2, -0.15) is 13.2 Å². The molecule has 0 saturated carbocycles. The molecular weight excluding hydrogens is 373 g/mol. The van der Waals surface area contributed by atoms with E-state index in [2.05, 4.69) is 10.6 Å². The Morgan fingerprint density at radius 3 is 2.21 bits per heavy atom. The number of anilines is 1. The lowest BCUT2D eigenvalue weighted by atomic mass is 9.89. The SMILES string of the molecule is CNC(=O)Oc1ccc(NC(=O)c2ccc(C(F)(F)F)cc2)c2c1CCCC2. The third kappa shape index (κ3) is 4.27. The number of amides is 2. The minimum atomic E-state index is -4.45. The summed E-state index contributed by atoms with van der Waals surface area (Å²) in [6.07, 6.45) is -1.73. The van der Waals surface area contributed by atoms with Gasteiger partial charge in [0.1, 0.15) is 5.75 Å². The van der Waals surface area contributed by atoms with Crippen LogP contribution in [0.3, 0.4) is 0 Å². The van der Waals surface area contributed by atoms with Crippen molar-refractivity contribution < 1.29 is 27.5 Å². The van der Waals surface area contributed by atoms with Crippen molar-refractivity contribution in [2.24, 2.45) is 0 Å². The predicted octanol–water partition coefficient (Wildman–Crippen LogP) is 4.55. The van der Waals surface area contributed by atoms with Crippen LogP contribution in [0.1, 0.15) is 39.9 Å².